The van der Waals surface area contributed by atoms with Crippen molar-refractivity contribution < 1.29 is 22.8 Å². The number of alkyl halides is 3. The highest BCUT2D eigenvalue weighted by Crippen LogP contribution is 2.33. The number of hydrogen-bond donors (Lipinski definition) is 2. The molecule has 0 saturated heterocycles. The molecule has 0 bridgehead atoms. The van der Waals surface area contributed by atoms with Gasteiger partial charge in [-0.3, -0.25) is 9.59 Å². The zero-order valence-electron chi connectivity index (χ0n) is 21.7. The van der Waals surface area contributed by atoms with Gasteiger partial charge in [0.05, 0.1) is 5.56 Å². The number of benzene rings is 4. The van der Waals surface area contributed by atoms with Crippen molar-refractivity contribution in [2.24, 2.45) is 0 Å². The molecule has 6 rings (SSSR count). The van der Waals surface area contributed by atoms with Gasteiger partial charge in [-0.2, -0.15) is 13.2 Å². The van der Waals surface area contributed by atoms with Crippen LogP contribution in [0.3, 0.4) is 0 Å². The van der Waals surface area contributed by atoms with Gasteiger partial charge in [-0.25, -0.2) is 0 Å². The van der Waals surface area contributed by atoms with Crippen LogP contribution in [0.2, 0.25) is 0 Å². The van der Waals surface area contributed by atoms with E-state index in [0.29, 0.717) is 34.5 Å². The van der Waals surface area contributed by atoms with E-state index in [1.807, 2.05) is 42.6 Å². The van der Waals surface area contributed by atoms with E-state index in [1.165, 1.54) is 12.1 Å². The standard InChI is InChI=1S/C33H24F3N3O2/c34-33(35,36)24-15-11-21(12-16-24)26-7-2-3-8-27(26)32(41)37-25-17-13-22(14-18-25)31(40)30-29-10-5-19-39(29)20-23-6-1-4-9-28(23)38-30/h1-19,30,38H,20H2,(H,37,41). The highest BCUT2D eigenvalue weighted by atomic mass is 19.4. The molecule has 0 spiro atoms. The number of aromatic nitrogens is 1. The molecule has 1 aliphatic rings. The lowest BCUT2D eigenvalue weighted by Crippen LogP contribution is -2.22. The summed E-state index contributed by atoms with van der Waals surface area (Å²) < 4.78 is 41.0. The van der Waals surface area contributed by atoms with Crippen LogP contribution >= 0.6 is 0 Å². The van der Waals surface area contributed by atoms with Gasteiger partial charge in [-0.1, -0.05) is 48.5 Å². The molecule has 1 amide bonds. The second-order valence-corrected chi connectivity index (χ2v) is 9.81. The SMILES string of the molecule is O=C(Nc1ccc(C(=O)C2Nc3ccccc3Cn3cccc32)cc1)c1ccccc1-c1ccc(C(F)(F)F)cc1. The number of anilines is 2. The number of nitrogens with zero attached hydrogens (tertiary/aromatic N) is 1. The van der Waals surface area contributed by atoms with Crippen LogP contribution in [0, 0.1) is 0 Å². The van der Waals surface area contributed by atoms with Crippen LogP contribution < -0.4 is 10.6 Å². The summed E-state index contributed by atoms with van der Waals surface area (Å²) in [7, 11) is 0. The first-order chi connectivity index (χ1) is 19.8. The lowest BCUT2D eigenvalue weighted by atomic mass is 9.98. The predicted molar refractivity (Wildman–Crippen MR) is 152 cm³/mol. The Labute approximate surface area is 234 Å². The molecule has 1 atom stereocenters. The van der Waals surface area contributed by atoms with E-state index < -0.39 is 23.7 Å². The molecule has 8 heteroatoms. The number of nitrogens with one attached hydrogen (secondary N) is 2. The van der Waals surface area contributed by atoms with Crippen molar-refractivity contribution >= 4 is 23.1 Å². The molecular weight excluding hydrogens is 527 g/mol. The zero-order chi connectivity index (χ0) is 28.6. The summed E-state index contributed by atoms with van der Waals surface area (Å²) in [5.74, 6) is -0.522. The van der Waals surface area contributed by atoms with Crippen molar-refractivity contribution in [3.05, 3.63) is 143 Å². The summed E-state index contributed by atoms with van der Waals surface area (Å²) in [5.41, 5.74) is 4.39. The summed E-state index contributed by atoms with van der Waals surface area (Å²) in [6.07, 6.45) is -2.48. The average Bonchev–Trinajstić information content (AvgIpc) is 3.37. The van der Waals surface area contributed by atoms with Gasteiger partial charge in [-0.05, 0) is 77.4 Å². The molecule has 0 saturated carbocycles. The van der Waals surface area contributed by atoms with Crippen LogP contribution in [0.4, 0.5) is 24.5 Å². The zero-order valence-corrected chi connectivity index (χ0v) is 21.7. The van der Waals surface area contributed by atoms with Crippen molar-refractivity contribution in [1.82, 2.24) is 4.57 Å². The maximum atomic E-state index is 13.6. The number of carbonyl (C=O) groups excluding carboxylic acids is 2. The van der Waals surface area contributed by atoms with Crippen molar-refractivity contribution in [2.75, 3.05) is 10.6 Å². The van der Waals surface area contributed by atoms with Crippen LogP contribution in [-0.2, 0) is 12.7 Å². The van der Waals surface area contributed by atoms with Crippen LogP contribution in [0.5, 0.6) is 0 Å². The molecule has 1 aliphatic heterocycles. The molecule has 4 aromatic carbocycles. The van der Waals surface area contributed by atoms with Crippen molar-refractivity contribution in [2.45, 2.75) is 18.8 Å². The fourth-order valence-corrected chi connectivity index (χ4v) is 5.10. The third kappa shape index (κ3) is 5.24. The molecule has 0 fully saturated rings. The smallest absolute Gasteiger partial charge is 0.370 e. The Morgan fingerprint density at radius 3 is 2.27 bits per heavy atom. The highest BCUT2D eigenvalue weighted by molar-refractivity contribution is 6.09. The minimum atomic E-state index is -4.44. The largest absolute Gasteiger partial charge is 0.416 e. The summed E-state index contributed by atoms with van der Waals surface area (Å²) in [4.78, 5) is 26.8. The molecule has 2 N–H and O–H groups in total. The lowest BCUT2D eigenvalue weighted by molar-refractivity contribution is -0.137. The molecule has 5 nitrogen and oxygen atoms in total. The molecule has 1 aromatic heterocycles. The highest BCUT2D eigenvalue weighted by Gasteiger charge is 2.30. The first-order valence-electron chi connectivity index (χ1n) is 13.0. The Balaban J connectivity index is 1.21. The number of halogens is 3. The Kier molecular flexibility index (Phi) is 6.67. The molecule has 0 radical (unpaired) electrons. The van der Waals surface area contributed by atoms with Crippen molar-refractivity contribution in [1.29, 1.82) is 0 Å². The fraction of sp³-hybridized carbons (Fsp3) is 0.0909. The predicted octanol–water partition coefficient (Wildman–Crippen LogP) is 7.82. The van der Waals surface area contributed by atoms with E-state index in [2.05, 4.69) is 15.2 Å². The van der Waals surface area contributed by atoms with Gasteiger partial charge < -0.3 is 15.2 Å². The number of carbonyl (C=O) groups is 2. The van der Waals surface area contributed by atoms with Crippen LogP contribution in [-0.4, -0.2) is 16.3 Å². The minimum Gasteiger partial charge on any atom is -0.370 e. The van der Waals surface area contributed by atoms with Gasteiger partial charge >= 0.3 is 6.18 Å². The first kappa shape index (κ1) is 26.1. The van der Waals surface area contributed by atoms with Gasteiger partial charge in [0.2, 0.25) is 0 Å². The number of Topliss-reactive ketones (excluding diaryl/α,β-unsaturated/α-hetero) is 1. The number of hydrogen-bond acceptors (Lipinski definition) is 3. The molecule has 5 aromatic rings. The topological polar surface area (TPSA) is 63.1 Å². The van der Waals surface area contributed by atoms with Gasteiger partial charge in [-0.15, -0.1) is 0 Å². The lowest BCUT2D eigenvalue weighted by Gasteiger charge is -2.18. The maximum absolute atomic E-state index is 13.6. The minimum absolute atomic E-state index is 0.104. The average molecular weight is 552 g/mol. The van der Waals surface area contributed by atoms with E-state index in [4.69, 9.17) is 0 Å². The summed E-state index contributed by atoms with van der Waals surface area (Å²) in [6.45, 7) is 0.661. The quantitative estimate of drug-likeness (QED) is 0.219. The number of para-hydroxylation sites is 1. The molecule has 2 heterocycles. The monoisotopic (exact) mass is 551 g/mol. The number of amides is 1. The number of rotatable bonds is 5. The normalized spacial score (nSPS) is 14.3. The van der Waals surface area contributed by atoms with E-state index in [1.54, 1.807) is 48.5 Å². The Bertz CT molecular complexity index is 1740. The molecule has 204 valence electrons. The van der Waals surface area contributed by atoms with Crippen LogP contribution in [0.1, 0.15) is 43.6 Å². The molecule has 1 unspecified atom stereocenters. The summed E-state index contributed by atoms with van der Waals surface area (Å²) in [6, 6.07) is 29.3. The molecule has 41 heavy (non-hydrogen) atoms. The van der Waals surface area contributed by atoms with Gasteiger partial charge in [0.15, 0.2) is 5.78 Å². The molecule has 0 aliphatic carbocycles. The molecular formula is C33H24F3N3O2. The summed E-state index contributed by atoms with van der Waals surface area (Å²) >= 11 is 0. The van der Waals surface area contributed by atoms with Gasteiger partial charge in [0, 0.05) is 40.9 Å². The van der Waals surface area contributed by atoms with E-state index in [0.717, 1.165) is 29.1 Å². The maximum Gasteiger partial charge on any atom is 0.416 e. The van der Waals surface area contributed by atoms with Crippen LogP contribution in [0.15, 0.2) is 115 Å². The van der Waals surface area contributed by atoms with Crippen LogP contribution in [0.25, 0.3) is 11.1 Å². The third-order valence-electron chi connectivity index (χ3n) is 7.20. The Morgan fingerprint density at radius 1 is 0.805 bits per heavy atom. The van der Waals surface area contributed by atoms with E-state index >= 15 is 0 Å². The second kappa shape index (κ2) is 10.5. The summed E-state index contributed by atoms with van der Waals surface area (Å²) in [5, 5.41) is 6.23. The van der Waals surface area contributed by atoms with Crippen molar-refractivity contribution in [3.63, 3.8) is 0 Å². The second-order valence-electron chi connectivity index (χ2n) is 9.81. The number of ketones is 1. The first-order valence-corrected chi connectivity index (χ1v) is 13.0. The van der Waals surface area contributed by atoms with Gasteiger partial charge in [0.25, 0.3) is 5.91 Å². The fourth-order valence-electron chi connectivity index (χ4n) is 5.10. The third-order valence-corrected chi connectivity index (χ3v) is 7.20. The number of fused-ring (bicyclic) bond motifs is 2. The van der Waals surface area contributed by atoms with E-state index in [-0.39, 0.29) is 5.78 Å². The Hall–Kier alpha value is -5.11. The Morgan fingerprint density at radius 2 is 1.51 bits per heavy atom. The van der Waals surface area contributed by atoms with Crippen molar-refractivity contribution in [3.8, 4) is 11.1 Å². The van der Waals surface area contributed by atoms with Gasteiger partial charge in [0.1, 0.15) is 6.04 Å². The van der Waals surface area contributed by atoms with E-state index in [9.17, 15) is 22.8 Å².